The smallest absolute Gasteiger partial charge is 0.244 e. The van der Waals surface area contributed by atoms with E-state index < -0.39 is 0 Å². The van der Waals surface area contributed by atoms with Crippen LogP contribution in [0.3, 0.4) is 0 Å². The molecule has 4 heteroatoms. The Hall–Kier alpha value is -1.06. The number of amides is 2. The summed E-state index contributed by atoms with van der Waals surface area (Å²) < 4.78 is 0. The molecule has 1 rings (SSSR count). The van der Waals surface area contributed by atoms with Crippen LogP contribution in [0.1, 0.15) is 58.3 Å². The molecule has 1 aliphatic heterocycles. The van der Waals surface area contributed by atoms with Gasteiger partial charge >= 0.3 is 0 Å². The van der Waals surface area contributed by atoms with E-state index in [1.807, 2.05) is 0 Å². The van der Waals surface area contributed by atoms with E-state index in [0.717, 1.165) is 12.8 Å². The highest BCUT2D eigenvalue weighted by atomic mass is 16.2. The van der Waals surface area contributed by atoms with Crippen molar-refractivity contribution in [1.29, 1.82) is 0 Å². The van der Waals surface area contributed by atoms with Gasteiger partial charge in [0.05, 0.1) is 0 Å². The second kappa shape index (κ2) is 8.09. The topological polar surface area (TPSA) is 58.2 Å². The minimum absolute atomic E-state index is 0.0124. The van der Waals surface area contributed by atoms with Crippen LogP contribution < -0.4 is 10.6 Å². The summed E-state index contributed by atoms with van der Waals surface area (Å²) >= 11 is 0. The highest BCUT2D eigenvalue weighted by molar-refractivity contribution is 5.92. The normalized spacial score (nSPS) is 18.4. The average Bonchev–Trinajstić information content (AvgIpc) is 2.33. The van der Waals surface area contributed by atoms with Gasteiger partial charge in [-0.25, -0.2) is 0 Å². The van der Waals surface area contributed by atoms with E-state index in [1.165, 1.54) is 32.1 Å². The standard InChI is InChI=1S/C13H24N2O2/c1-2-3-4-5-6-7-8-9-12(16)15-11-10-14-13(11)17/h11H,2-10H2,1H3,(H,14,17)(H,15,16). The fourth-order valence-corrected chi connectivity index (χ4v) is 1.91. The minimum atomic E-state index is -0.271. The Morgan fingerprint density at radius 1 is 1.24 bits per heavy atom. The first-order valence-corrected chi connectivity index (χ1v) is 6.81. The van der Waals surface area contributed by atoms with E-state index in [4.69, 9.17) is 0 Å². The predicted octanol–water partition coefficient (Wildman–Crippen LogP) is 1.74. The van der Waals surface area contributed by atoms with Gasteiger partial charge < -0.3 is 10.6 Å². The number of rotatable bonds is 9. The van der Waals surface area contributed by atoms with Crippen molar-refractivity contribution in [3.05, 3.63) is 0 Å². The van der Waals surface area contributed by atoms with Gasteiger partial charge in [-0.2, -0.15) is 0 Å². The van der Waals surface area contributed by atoms with Gasteiger partial charge in [0.2, 0.25) is 11.8 Å². The third kappa shape index (κ3) is 5.71. The molecule has 0 aromatic heterocycles. The lowest BCUT2D eigenvalue weighted by Gasteiger charge is -2.26. The summed E-state index contributed by atoms with van der Waals surface area (Å²) in [6, 6.07) is -0.271. The molecule has 2 N–H and O–H groups in total. The van der Waals surface area contributed by atoms with E-state index in [-0.39, 0.29) is 17.9 Å². The molecule has 1 heterocycles. The van der Waals surface area contributed by atoms with Crippen LogP contribution in [0.25, 0.3) is 0 Å². The van der Waals surface area contributed by atoms with E-state index in [1.54, 1.807) is 0 Å². The zero-order chi connectivity index (χ0) is 12.5. The largest absolute Gasteiger partial charge is 0.352 e. The first kappa shape index (κ1) is 14.0. The van der Waals surface area contributed by atoms with Crippen molar-refractivity contribution >= 4 is 11.8 Å². The van der Waals surface area contributed by atoms with Gasteiger partial charge in [-0.15, -0.1) is 0 Å². The molecule has 0 saturated carbocycles. The van der Waals surface area contributed by atoms with Crippen molar-refractivity contribution < 1.29 is 9.59 Å². The lowest BCUT2D eigenvalue weighted by molar-refractivity contribution is -0.133. The van der Waals surface area contributed by atoms with Gasteiger partial charge in [-0.3, -0.25) is 9.59 Å². The van der Waals surface area contributed by atoms with Gasteiger partial charge in [0.15, 0.2) is 0 Å². The third-order valence-electron chi connectivity index (χ3n) is 3.14. The average molecular weight is 240 g/mol. The van der Waals surface area contributed by atoms with Crippen LogP contribution in [0, 0.1) is 0 Å². The van der Waals surface area contributed by atoms with Crippen LogP contribution in [0.2, 0.25) is 0 Å². The summed E-state index contributed by atoms with van der Waals surface area (Å²) in [5, 5.41) is 5.33. The molecule has 2 amide bonds. The molecule has 1 unspecified atom stereocenters. The Morgan fingerprint density at radius 2 is 1.88 bits per heavy atom. The van der Waals surface area contributed by atoms with Crippen molar-refractivity contribution in [3.8, 4) is 0 Å². The van der Waals surface area contributed by atoms with E-state index >= 15 is 0 Å². The molecule has 1 saturated heterocycles. The Labute approximate surface area is 104 Å². The Bertz CT molecular complexity index is 254. The van der Waals surface area contributed by atoms with Crippen LogP contribution in [0.5, 0.6) is 0 Å². The van der Waals surface area contributed by atoms with Crippen molar-refractivity contribution in [3.63, 3.8) is 0 Å². The molecule has 0 aromatic rings. The van der Waals surface area contributed by atoms with Crippen LogP contribution in [0.15, 0.2) is 0 Å². The molecule has 1 fully saturated rings. The lowest BCUT2D eigenvalue weighted by atomic mass is 10.1. The van der Waals surface area contributed by atoms with Crippen molar-refractivity contribution in [1.82, 2.24) is 10.6 Å². The van der Waals surface area contributed by atoms with E-state index in [0.29, 0.717) is 13.0 Å². The van der Waals surface area contributed by atoms with Gasteiger partial charge in [-0.1, -0.05) is 45.4 Å². The van der Waals surface area contributed by atoms with Gasteiger partial charge in [0, 0.05) is 13.0 Å². The van der Waals surface area contributed by atoms with Gasteiger partial charge in [0.1, 0.15) is 6.04 Å². The summed E-state index contributed by atoms with van der Waals surface area (Å²) in [4.78, 5) is 22.4. The van der Waals surface area contributed by atoms with Crippen molar-refractivity contribution in [2.75, 3.05) is 6.54 Å². The fourth-order valence-electron chi connectivity index (χ4n) is 1.91. The lowest BCUT2D eigenvalue weighted by Crippen LogP contribution is -2.61. The number of β-lactam (4-membered cyclic amide) rings is 1. The molecular weight excluding hydrogens is 216 g/mol. The quantitative estimate of drug-likeness (QED) is 0.476. The van der Waals surface area contributed by atoms with E-state index in [9.17, 15) is 9.59 Å². The van der Waals surface area contributed by atoms with Crippen molar-refractivity contribution in [2.24, 2.45) is 0 Å². The second-order valence-corrected chi connectivity index (χ2v) is 4.74. The summed E-state index contributed by atoms with van der Waals surface area (Å²) in [7, 11) is 0. The summed E-state index contributed by atoms with van der Waals surface area (Å²) in [5.41, 5.74) is 0. The fraction of sp³-hybridized carbons (Fsp3) is 0.846. The predicted molar refractivity (Wildman–Crippen MR) is 67.6 cm³/mol. The first-order valence-electron chi connectivity index (χ1n) is 6.81. The van der Waals surface area contributed by atoms with E-state index in [2.05, 4.69) is 17.6 Å². The number of carbonyl (C=O) groups excluding carboxylic acids is 2. The van der Waals surface area contributed by atoms with Crippen LogP contribution >= 0.6 is 0 Å². The van der Waals surface area contributed by atoms with Gasteiger partial charge in [0.25, 0.3) is 0 Å². The molecule has 0 bridgehead atoms. The molecule has 17 heavy (non-hydrogen) atoms. The number of hydrogen-bond donors (Lipinski definition) is 2. The molecule has 1 atom stereocenters. The maximum absolute atomic E-state index is 11.4. The maximum atomic E-state index is 11.4. The molecule has 0 aromatic carbocycles. The number of unbranched alkanes of at least 4 members (excludes halogenated alkanes) is 6. The molecule has 0 aliphatic carbocycles. The molecule has 4 nitrogen and oxygen atoms in total. The third-order valence-corrected chi connectivity index (χ3v) is 3.14. The van der Waals surface area contributed by atoms with Crippen LogP contribution in [0.4, 0.5) is 0 Å². The molecule has 98 valence electrons. The summed E-state index contributed by atoms with van der Waals surface area (Å²) in [6.07, 6.45) is 9.00. The minimum Gasteiger partial charge on any atom is -0.352 e. The Balaban J connectivity index is 1.88. The van der Waals surface area contributed by atoms with Crippen LogP contribution in [-0.2, 0) is 9.59 Å². The summed E-state index contributed by atoms with van der Waals surface area (Å²) in [6.45, 7) is 2.79. The Kier molecular flexibility index (Phi) is 6.67. The zero-order valence-corrected chi connectivity index (χ0v) is 10.8. The Morgan fingerprint density at radius 3 is 2.41 bits per heavy atom. The monoisotopic (exact) mass is 240 g/mol. The molecule has 0 spiro atoms. The maximum Gasteiger partial charge on any atom is 0.244 e. The number of nitrogens with one attached hydrogen (secondary N) is 2. The summed E-state index contributed by atoms with van der Waals surface area (Å²) in [5.74, 6) is -0.0451. The van der Waals surface area contributed by atoms with Crippen molar-refractivity contribution in [2.45, 2.75) is 64.3 Å². The first-order chi connectivity index (χ1) is 8.24. The van der Waals surface area contributed by atoms with Crippen LogP contribution in [-0.4, -0.2) is 24.4 Å². The molecule has 0 radical (unpaired) electrons. The number of hydrogen-bond acceptors (Lipinski definition) is 2. The highest BCUT2D eigenvalue weighted by Crippen LogP contribution is 2.08. The molecule has 1 aliphatic rings. The SMILES string of the molecule is CCCCCCCCCC(=O)NC1CNC1=O. The highest BCUT2D eigenvalue weighted by Gasteiger charge is 2.28. The number of carbonyl (C=O) groups is 2. The molecular formula is C13H24N2O2. The zero-order valence-electron chi connectivity index (χ0n) is 10.8. The second-order valence-electron chi connectivity index (χ2n) is 4.74. The van der Waals surface area contributed by atoms with Gasteiger partial charge in [-0.05, 0) is 6.42 Å².